The fourth-order valence-electron chi connectivity index (χ4n) is 2.02. The van der Waals surface area contributed by atoms with Crippen LogP contribution in [-0.2, 0) is 13.1 Å². The second-order valence-electron chi connectivity index (χ2n) is 4.20. The Bertz CT molecular complexity index is 286. The molecule has 1 aliphatic rings. The van der Waals surface area contributed by atoms with E-state index in [4.69, 9.17) is 0 Å². The zero-order valence-corrected chi connectivity index (χ0v) is 10.1. The molecule has 1 atom stereocenters. The third-order valence-corrected chi connectivity index (χ3v) is 3.84. The molecule has 2 rings (SSSR count). The van der Waals surface area contributed by atoms with E-state index < -0.39 is 0 Å². The van der Waals surface area contributed by atoms with Gasteiger partial charge < -0.3 is 0 Å². The molecule has 1 aromatic carbocycles. The summed E-state index contributed by atoms with van der Waals surface area (Å²) >= 11 is 3.53. The Kier molecular flexibility index (Phi) is 3.24. The average molecular weight is 254 g/mol. The minimum atomic E-state index is 0.740. The molecule has 14 heavy (non-hydrogen) atoms. The molecule has 0 N–H and O–H groups in total. The van der Waals surface area contributed by atoms with Crippen LogP contribution in [0.1, 0.15) is 18.1 Å². The van der Waals surface area contributed by atoms with Crippen LogP contribution in [0.25, 0.3) is 0 Å². The summed E-state index contributed by atoms with van der Waals surface area (Å²) in [5, 5.41) is 1.10. The zero-order chi connectivity index (χ0) is 9.97. The van der Waals surface area contributed by atoms with E-state index in [9.17, 15) is 0 Å². The Morgan fingerprint density at radius 2 is 1.86 bits per heavy atom. The Hall–Kier alpha value is -0.340. The Balaban J connectivity index is 1.98. The van der Waals surface area contributed by atoms with E-state index >= 15 is 0 Å². The van der Waals surface area contributed by atoms with Gasteiger partial charge in [-0.2, -0.15) is 0 Å². The summed E-state index contributed by atoms with van der Waals surface area (Å²) in [5.74, 6) is 0.740. The molecule has 0 aliphatic carbocycles. The lowest BCUT2D eigenvalue weighted by molar-refractivity contribution is 0.253. The van der Waals surface area contributed by atoms with Crippen LogP contribution in [-0.4, -0.2) is 16.8 Å². The lowest BCUT2D eigenvalue weighted by Crippen LogP contribution is -2.23. The molecule has 1 aliphatic heterocycles. The first-order valence-corrected chi connectivity index (χ1v) is 6.27. The van der Waals surface area contributed by atoms with Crippen LogP contribution in [0.15, 0.2) is 24.3 Å². The lowest BCUT2D eigenvalue weighted by atomic mass is 10.1. The maximum atomic E-state index is 3.53. The van der Waals surface area contributed by atoms with Gasteiger partial charge in [-0.15, -0.1) is 0 Å². The van der Waals surface area contributed by atoms with Gasteiger partial charge in [0.25, 0.3) is 0 Å². The van der Waals surface area contributed by atoms with Gasteiger partial charge >= 0.3 is 0 Å². The number of rotatable bonds is 3. The van der Waals surface area contributed by atoms with Crippen molar-refractivity contribution in [2.75, 3.05) is 11.9 Å². The number of benzene rings is 1. The van der Waals surface area contributed by atoms with Crippen LogP contribution in [0.4, 0.5) is 0 Å². The van der Waals surface area contributed by atoms with Crippen molar-refractivity contribution in [1.29, 1.82) is 0 Å². The summed E-state index contributed by atoms with van der Waals surface area (Å²) in [7, 11) is 0. The van der Waals surface area contributed by atoms with Gasteiger partial charge in [0, 0.05) is 25.0 Å². The molecule has 1 heterocycles. The fourth-order valence-corrected chi connectivity index (χ4v) is 2.23. The standard InChI is InChI=1S/C12H16BrN/c1-10(6-13)7-14-8-11-4-2-3-5-12(11)9-14/h2-5,10H,6-9H2,1H3/t10-/m1/s1. The third kappa shape index (κ3) is 2.18. The summed E-state index contributed by atoms with van der Waals surface area (Å²) in [6.07, 6.45) is 0. The van der Waals surface area contributed by atoms with Crippen LogP contribution in [0.5, 0.6) is 0 Å². The molecule has 0 fully saturated rings. The first-order valence-electron chi connectivity index (χ1n) is 5.14. The predicted molar refractivity (Wildman–Crippen MR) is 63.5 cm³/mol. The van der Waals surface area contributed by atoms with Crippen molar-refractivity contribution in [1.82, 2.24) is 4.90 Å². The molecule has 0 saturated heterocycles. The summed E-state index contributed by atoms with van der Waals surface area (Å²) in [6.45, 7) is 5.75. The quantitative estimate of drug-likeness (QED) is 0.749. The van der Waals surface area contributed by atoms with Gasteiger partial charge in [0.2, 0.25) is 0 Å². The van der Waals surface area contributed by atoms with Crippen molar-refractivity contribution in [3.8, 4) is 0 Å². The SMILES string of the molecule is C[C@H](CBr)CN1Cc2ccccc2C1. The lowest BCUT2D eigenvalue weighted by Gasteiger charge is -2.18. The van der Waals surface area contributed by atoms with Gasteiger partial charge in [-0.3, -0.25) is 4.90 Å². The van der Waals surface area contributed by atoms with Crippen LogP contribution < -0.4 is 0 Å². The zero-order valence-electron chi connectivity index (χ0n) is 8.54. The molecule has 0 saturated carbocycles. The number of nitrogens with zero attached hydrogens (tertiary/aromatic N) is 1. The average Bonchev–Trinajstić information content (AvgIpc) is 2.59. The number of hydrogen-bond donors (Lipinski definition) is 0. The van der Waals surface area contributed by atoms with Gasteiger partial charge in [-0.05, 0) is 17.0 Å². The Morgan fingerprint density at radius 3 is 2.36 bits per heavy atom. The highest BCUT2D eigenvalue weighted by Crippen LogP contribution is 2.23. The van der Waals surface area contributed by atoms with Gasteiger partial charge in [0.15, 0.2) is 0 Å². The molecule has 2 heteroatoms. The molecule has 0 radical (unpaired) electrons. The van der Waals surface area contributed by atoms with E-state index in [0.29, 0.717) is 0 Å². The fraction of sp³-hybridized carbons (Fsp3) is 0.500. The Labute approximate surface area is 94.2 Å². The molecule has 0 aromatic heterocycles. The molecule has 0 amide bonds. The van der Waals surface area contributed by atoms with E-state index in [1.54, 1.807) is 0 Å². The van der Waals surface area contributed by atoms with Crippen LogP contribution in [0.3, 0.4) is 0 Å². The number of fused-ring (bicyclic) bond motifs is 1. The van der Waals surface area contributed by atoms with E-state index in [-0.39, 0.29) is 0 Å². The van der Waals surface area contributed by atoms with Gasteiger partial charge in [-0.25, -0.2) is 0 Å². The first kappa shape index (κ1) is 10.2. The maximum Gasteiger partial charge on any atom is 0.0240 e. The molecular weight excluding hydrogens is 238 g/mol. The van der Waals surface area contributed by atoms with Crippen LogP contribution in [0, 0.1) is 5.92 Å². The highest BCUT2D eigenvalue weighted by molar-refractivity contribution is 9.09. The minimum absolute atomic E-state index is 0.740. The highest BCUT2D eigenvalue weighted by Gasteiger charge is 2.19. The number of alkyl halides is 1. The van der Waals surface area contributed by atoms with Crippen molar-refractivity contribution < 1.29 is 0 Å². The van der Waals surface area contributed by atoms with Gasteiger partial charge in [0.05, 0.1) is 0 Å². The normalized spacial score (nSPS) is 18.1. The molecule has 0 spiro atoms. The van der Waals surface area contributed by atoms with Gasteiger partial charge in [-0.1, -0.05) is 47.1 Å². The van der Waals surface area contributed by atoms with Crippen molar-refractivity contribution in [2.45, 2.75) is 20.0 Å². The van der Waals surface area contributed by atoms with Crippen LogP contribution >= 0.6 is 15.9 Å². The summed E-state index contributed by atoms with van der Waals surface area (Å²) in [4.78, 5) is 2.52. The van der Waals surface area contributed by atoms with E-state index in [1.807, 2.05) is 0 Å². The molecule has 76 valence electrons. The van der Waals surface area contributed by atoms with Crippen molar-refractivity contribution >= 4 is 15.9 Å². The maximum absolute atomic E-state index is 3.53. The van der Waals surface area contributed by atoms with Crippen LogP contribution in [0.2, 0.25) is 0 Å². The minimum Gasteiger partial charge on any atom is -0.295 e. The second-order valence-corrected chi connectivity index (χ2v) is 4.85. The largest absolute Gasteiger partial charge is 0.295 e. The van der Waals surface area contributed by atoms with Crippen molar-refractivity contribution in [3.05, 3.63) is 35.4 Å². The van der Waals surface area contributed by atoms with E-state index in [1.165, 1.54) is 17.7 Å². The molecule has 1 nitrogen and oxygen atoms in total. The summed E-state index contributed by atoms with van der Waals surface area (Å²) in [6, 6.07) is 8.76. The first-order chi connectivity index (χ1) is 6.79. The van der Waals surface area contributed by atoms with E-state index in [2.05, 4.69) is 52.0 Å². The highest BCUT2D eigenvalue weighted by atomic mass is 79.9. The second kappa shape index (κ2) is 4.45. The number of hydrogen-bond acceptors (Lipinski definition) is 1. The smallest absolute Gasteiger partial charge is 0.0240 e. The van der Waals surface area contributed by atoms with Gasteiger partial charge in [0.1, 0.15) is 0 Å². The topological polar surface area (TPSA) is 3.24 Å². The van der Waals surface area contributed by atoms with Crippen molar-refractivity contribution in [3.63, 3.8) is 0 Å². The number of halogens is 1. The molecule has 0 unspecified atom stereocenters. The molecular formula is C12H16BrN. The summed E-state index contributed by atoms with van der Waals surface area (Å²) < 4.78 is 0. The monoisotopic (exact) mass is 253 g/mol. The van der Waals surface area contributed by atoms with Crippen molar-refractivity contribution in [2.24, 2.45) is 5.92 Å². The van der Waals surface area contributed by atoms with E-state index in [0.717, 1.165) is 24.3 Å². The third-order valence-electron chi connectivity index (χ3n) is 2.74. The Morgan fingerprint density at radius 1 is 1.29 bits per heavy atom. The predicted octanol–water partition coefficient (Wildman–Crippen LogP) is 3.03. The molecule has 1 aromatic rings. The summed E-state index contributed by atoms with van der Waals surface area (Å²) in [5.41, 5.74) is 3.02. The molecule has 0 bridgehead atoms.